The lowest BCUT2D eigenvalue weighted by Gasteiger charge is -2.04. The van der Waals surface area contributed by atoms with E-state index in [1.807, 2.05) is 36.5 Å². The van der Waals surface area contributed by atoms with Crippen LogP contribution in [0.1, 0.15) is 16.8 Å². The summed E-state index contributed by atoms with van der Waals surface area (Å²) in [7, 11) is 0. The van der Waals surface area contributed by atoms with Crippen molar-refractivity contribution in [2.24, 2.45) is 0 Å². The maximum Gasteiger partial charge on any atom is 0.224 e. The molecule has 0 aliphatic rings. The lowest BCUT2D eigenvalue weighted by atomic mass is 10.1. The molecule has 2 aromatic heterocycles. The number of rotatable bonds is 4. The predicted octanol–water partition coefficient (Wildman–Crippen LogP) is 2.73. The van der Waals surface area contributed by atoms with Crippen LogP contribution in [0.25, 0.3) is 10.9 Å². The molecular weight excluding hydrogens is 262 g/mol. The van der Waals surface area contributed by atoms with Gasteiger partial charge in [0, 0.05) is 23.3 Å². The summed E-state index contributed by atoms with van der Waals surface area (Å²) in [6.45, 7) is 2.52. The first-order valence-electron chi connectivity index (χ1n) is 6.96. The minimum Gasteiger partial charge on any atom is -0.361 e. The van der Waals surface area contributed by atoms with Gasteiger partial charge >= 0.3 is 0 Å². The fourth-order valence-electron chi connectivity index (χ4n) is 2.44. The number of aromatic nitrogens is 2. The molecule has 0 unspecified atom stereocenters. The van der Waals surface area contributed by atoms with Crippen LogP contribution in [0, 0.1) is 6.92 Å². The van der Waals surface area contributed by atoms with Crippen LogP contribution in [0.5, 0.6) is 0 Å². The minimum atomic E-state index is 0.00283. The highest BCUT2D eigenvalue weighted by molar-refractivity contribution is 5.90. The molecule has 21 heavy (non-hydrogen) atoms. The van der Waals surface area contributed by atoms with Gasteiger partial charge in [-0.2, -0.15) is 0 Å². The molecule has 0 atom stereocenters. The zero-order valence-electron chi connectivity index (χ0n) is 11.9. The largest absolute Gasteiger partial charge is 0.361 e. The molecule has 0 saturated carbocycles. The number of carbonyl (C=O) groups excluding carboxylic acids is 1. The molecule has 4 heteroatoms. The molecule has 0 spiro atoms. The lowest BCUT2D eigenvalue weighted by Crippen LogP contribution is -2.24. The zero-order chi connectivity index (χ0) is 14.7. The molecule has 4 nitrogen and oxygen atoms in total. The highest BCUT2D eigenvalue weighted by atomic mass is 16.1. The first kappa shape index (κ1) is 13.4. The fraction of sp³-hybridized carbons (Fsp3) is 0.176. The van der Waals surface area contributed by atoms with E-state index < -0.39 is 0 Å². The first-order chi connectivity index (χ1) is 10.2. The van der Waals surface area contributed by atoms with Gasteiger partial charge in [0.2, 0.25) is 5.91 Å². The molecule has 3 rings (SSSR count). The molecule has 3 aromatic rings. The van der Waals surface area contributed by atoms with Crippen LogP contribution < -0.4 is 5.32 Å². The number of benzene rings is 1. The molecule has 0 bridgehead atoms. The standard InChI is InChI=1S/C17H17N3O/c1-12-5-4-7-15-13(10-20-17(12)15)9-16(21)19-11-14-6-2-3-8-18-14/h2-8,10,20H,9,11H2,1H3,(H,19,21). The van der Waals surface area contributed by atoms with Crippen molar-refractivity contribution in [1.29, 1.82) is 0 Å². The van der Waals surface area contributed by atoms with Crippen molar-refractivity contribution in [3.05, 3.63) is 65.6 Å². The van der Waals surface area contributed by atoms with Crippen LogP contribution in [-0.2, 0) is 17.8 Å². The van der Waals surface area contributed by atoms with E-state index in [2.05, 4.69) is 28.3 Å². The van der Waals surface area contributed by atoms with E-state index in [1.54, 1.807) is 6.20 Å². The van der Waals surface area contributed by atoms with Crippen LogP contribution >= 0.6 is 0 Å². The second kappa shape index (κ2) is 5.79. The Morgan fingerprint density at radius 1 is 1.24 bits per heavy atom. The van der Waals surface area contributed by atoms with E-state index in [9.17, 15) is 4.79 Å². The van der Waals surface area contributed by atoms with Gasteiger partial charge < -0.3 is 10.3 Å². The average molecular weight is 279 g/mol. The van der Waals surface area contributed by atoms with Crippen molar-refractivity contribution in [3.8, 4) is 0 Å². The van der Waals surface area contributed by atoms with Crippen molar-refractivity contribution in [2.45, 2.75) is 19.9 Å². The Morgan fingerprint density at radius 3 is 2.95 bits per heavy atom. The Bertz CT molecular complexity index is 762. The summed E-state index contributed by atoms with van der Waals surface area (Å²) in [6, 6.07) is 11.8. The van der Waals surface area contributed by atoms with Gasteiger partial charge in [-0.1, -0.05) is 24.3 Å². The number of carbonyl (C=O) groups is 1. The lowest BCUT2D eigenvalue weighted by molar-refractivity contribution is -0.120. The number of H-pyrrole nitrogens is 1. The van der Waals surface area contributed by atoms with E-state index >= 15 is 0 Å². The Morgan fingerprint density at radius 2 is 2.14 bits per heavy atom. The van der Waals surface area contributed by atoms with Crippen molar-refractivity contribution in [2.75, 3.05) is 0 Å². The average Bonchev–Trinajstić information content (AvgIpc) is 2.91. The summed E-state index contributed by atoms with van der Waals surface area (Å²) in [4.78, 5) is 19.5. The van der Waals surface area contributed by atoms with E-state index in [1.165, 1.54) is 5.56 Å². The highest BCUT2D eigenvalue weighted by Gasteiger charge is 2.09. The summed E-state index contributed by atoms with van der Waals surface area (Å²) in [5.41, 5.74) is 4.17. The van der Waals surface area contributed by atoms with Crippen molar-refractivity contribution in [1.82, 2.24) is 15.3 Å². The van der Waals surface area contributed by atoms with Crippen LogP contribution in [-0.4, -0.2) is 15.9 Å². The van der Waals surface area contributed by atoms with Crippen LogP contribution in [0.2, 0.25) is 0 Å². The highest BCUT2D eigenvalue weighted by Crippen LogP contribution is 2.21. The number of amides is 1. The third-order valence-electron chi connectivity index (χ3n) is 3.55. The second-order valence-electron chi connectivity index (χ2n) is 5.09. The molecule has 0 radical (unpaired) electrons. The molecule has 2 heterocycles. The van der Waals surface area contributed by atoms with Crippen LogP contribution in [0.3, 0.4) is 0 Å². The first-order valence-corrected chi connectivity index (χ1v) is 6.96. The number of hydrogen-bond acceptors (Lipinski definition) is 2. The molecule has 106 valence electrons. The van der Waals surface area contributed by atoms with Crippen molar-refractivity contribution < 1.29 is 4.79 Å². The molecule has 0 fully saturated rings. The SMILES string of the molecule is Cc1cccc2c(CC(=O)NCc3ccccn3)c[nH]c12. The van der Waals surface area contributed by atoms with Gasteiger partial charge in [0.25, 0.3) is 0 Å². The quantitative estimate of drug-likeness (QED) is 0.771. The number of pyridine rings is 1. The molecule has 2 N–H and O–H groups in total. The Kier molecular flexibility index (Phi) is 3.69. The Hall–Kier alpha value is -2.62. The molecule has 0 aliphatic heterocycles. The van der Waals surface area contributed by atoms with E-state index in [-0.39, 0.29) is 5.91 Å². The topological polar surface area (TPSA) is 57.8 Å². The number of aryl methyl sites for hydroxylation is 1. The third kappa shape index (κ3) is 2.94. The molecule has 0 aliphatic carbocycles. The number of nitrogens with one attached hydrogen (secondary N) is 2. The van der Waals surface area contributed by atoms with Crippen LogP contribution in [0.4, 0.5) is 0 Å². The smallest absolute Gasteiger partial charge is 0.224 e. The summed E-state index contributed by atoms with van der Waals surface area (Å²) in [6.07, 6.45) is 4.01. The predicted molar refractivity (Wildman–Crippen MR) is 82.8 cm³/mol. The molecule has 1 amide bonds. The number of aromatic amines is 1. The number of para-hydroxylation sites is 1. The summed E-state index contributed by atoms with van der Waals surface area (Å²) >= 11 is 0. The summed E-state index contributed by atoms with van der Waals surface area (Å²) in [5, 5.41) is 4.02. The molecule has 1 aromatic carbocycles. The maximum absolute atomic E-state index is 12.1. The van der Waals surface area contributed by atoms with Gasteiger partial charge in [0.1, 0.15) is 0 Å². The summed E-state index contributed by atoms with van der Waals surface area (Å²) < 4.78 is 0. The van der Waals surface area contributed by atoms with Crippen molar-refractivity contribution >= 4 is 16.8 Å². The summed E-state index contributed by atoms with van der Waals surface area (Å²) in [5.74, 6) is 0.00283. The van der Waals surface area contributed by atoms with Gasteiger partial charge in [0.05, 0.1) is 18.7 Å². The van der Waals surface area contributed by atoms with Gasteiger partial charge in [-0.15, -0.1) is 0 Å². The molecule has 0 saturated heterocycles. The third-order valence-corrected chi connectivity index (χ3v) is 3.55. The van der Waals surface area contributed by atoms with Gasteiger partial charge in [0.15, 0.2) is 0 Å². The van der Waals surface area contributed by atoms with Crippen LogP contribution in [0.15, 0.2) is 48.8 Å². The van der Waals surface area contributed by atoms with E-state index in [0.29, 0.717) is 13.0 Å². The fourth-order valence-corrected chi connectivity index (χ4v) is 2.44. The number of nitrogens with zero attached hydrogens (tertiary/aromatic N) is 1. The maximum atomic E-state index is 12.1. The van der Waals surface area contributed by atoms with Crippen molar-refractivity contribution in [3.63, 3.8) is 0 Å². The van der Waals surface area contributed by atoms with Gasteiger partial charge in [-0.3, -0.25) is 9.78 Å². The second-order valence-corrected chi connectivity index (χ2v) is 5.09. The van der Waals surface area contributed by atoms with E-state index in [0.717, 1.165) is 22.2 Å². The van der Waals surface area contributed by atoms with Gasteiger partial charge in [-0.25, -0.2) is 0 Å². The monoisotopic (exact) mass is 279 g/mol. The Labute approximate surface area is 123 Å². The number of hydrogen-bond donors (Lipinski definition) is 2. The van der Waals surface area contributed by atoms with E-state index in [4.69, 9.17) is 0 Å². The molecular formula is C17H17N3O. The normalized spacial score (nSPS) is 10.7. The van der Waals surface area contributed by atoms with Gasteiger partial charge in [-0.05, 0) is 30.2 Å². The minimum absolute atomic E-state index is 0.00283. The zero-order valence-corrected chi connectivity index (χ0v) is 11.9. The number of fused-ring (bicyclic) bond motifs is 1. The Balaban J connectivity index is 1.68.